The molecule has 9 heteroatoms. The van der Waals surface area contributed by atoms with Gasteiger partial charge >= 0.3 is 0 Å². The number of amides is 3. The molecule has 0 aromatic heterocycles. The van der Waals surface area contributed by atoms with Gasteiger partial charge in [-0.25, -0.2) is 0 Å². The number of benzene rings is 1. The summed E-state index contributed by atoms with van der Waals surface area (Å²) in [5.74, 6) is -1.04. The molecule has 1 aromatic carbocycles. The summed E-state index contributed by atoms with van der Waals surface area (Å²) in [5, 5.41) is 3.40. The molecule has 22 heavy (non-hydrogen) atoms. The summed E-state index contributed by atoms with van der Waals surface area (Å²) in [6.45, 7) is 1.39. The molecule has 0 heterocycles. The van der Waals surface area contributed by atoms with Crippen molar-refractivity contribution in [3.63, 3.8) is 0 Å². The highest BCUT2D eigenvalue weighted by Gasteiger charge is 2.14. The summed E-state index contributed by atoms with van der Waals surface area (Å²) in [7, 11) is 1.68. The van der Waals surface area contributed by atoms with Crippen LogP contribution >= 0.6 is 23.2 Å². The van der Waals surface area contributed by atoms with Crippen LogP contribution < -0.4 is 21.1 Å². The van der Waals surface area contributed by atoms with Gasteiger partial charge in [0, 0.05) is 12.6 Å². The minimum atomic E-state index is -0.393. The number of quaternary nitrogens is 1. The molecule has 1 atom stereocenters. The summed E-state index contributed by atoms with van der Waals surface area (Å²) in [5.41, 5.74) is 4.93. The van der Waals surface area contributed by atoms with Crippen LogP contribution in [-0.4, -0.2) is 37.9 Å². The lowest BCUT2D eigenvalue weighted by Crippen LogP contribution is -3.11. The highest BCUT2D eigenvalue weighted by atomic mass is 35.5. The zero-order chi connectivity index (χ0) is 16.7. The molecule has 1 aromatic rings. The Hall–Kier alpha value is -1.83. The highest BCUT2D eigenvalue weighted by Crippen LogP contribution is 2.24. The first-order valence-electron chi connectivity index (χ1n) is 6.39. The van der Waals surface area contributed by atoms with Crippen LogP contribution in [0.1, 0.15) is 6.92 Å². The Morgan fingerprint density at radius 2 is 1.68 bits per heavy atom. The van der Waals surface area contributed by atoms with Gasteiger partial charge in [-0.1, -0.05) is 23.2 Å². The zero-order valence-electron chi connectivity index (χ0n) is 12.1. The quantitative estimate of drug-likeness (QED) is 0.547. The maximum atomic E-state index is 11.9. The molecule has 7 nitrogen and oxygen atoms in total. The first-order chi connectivity index (χ1) is 10.3. The van der Waals surface area contributed by atoms with Crippen LogP contribution in [0.15, 0.2) is 18.2 Å². The van der Waals surface area contributed by atoms with Crippen LogP contribution in [0.2, 0.25) is 10.0 Å². The van der Waals surface area contributed by atoms with Gasteiger partial charge in [-0.2, -0.15) is 0 Å². The van der Waals surface area contributed by atoms with Crippen LogP contribution in [0.5, 0.6) is 0 Å². The van der Waals surface area contributed by atoms with Crippen LogP contribution in [-0.2, 0) is 14.4 Å². The Morgan fingerprint density at radius 1 is 1.05 bits per heavy atom. The smallest absolute Gasteiger partial charge is 0.293 e. The first-order valence-corrected chi connectivity index (χ1v) is 7.15. The normalized spacial score (nSPS) is 11.5. The van der Waals surface area contributed by atoms with E-state index >= 15 is 0 Å². The average Bonchev–Trinajstić information content (AvgIpc) is 2.40. The largest absolute Gasteiger partial charge is 0.322 e. The zero-order valence-corrected chi connectivity index (χ0v) is 13.6. The second-order valence-electron chi connectivity index (χ2n) is 4.72. The van der Waals surface area contributed by atoms with E-state index in [0.717, 1.165) is 0 Å². The first kappa shape index (κ1) is 18.2. The second kappa shape index (κ2) is 8.57. The van der Waals surface area contributed by atoms with Gasteiger partial charge in [-0.05, 0) is 18.2 Å². The van der Waals surface area contributed by atoms with Gasteiger partial charge in [-0.3, -0.25) is 25.2 Å². The lowest BCUT2D eigenvalue weighted by Gasteiger charge is -2.14. The number of likely N-dealkylation sites (N-methyl/N-ethyl adjacent to an activating group) is 1. The van der Waals surface area contributed by atoms with Gasteiger partial charge in [0.1, 0.15) is 0 Å². The second-order valence-corrected chi connectivity index (χ2v) is 5.53. The Balaban J connectivity index is 2.42. The molecule has 1 rings (SSSR count). The summed E-state index contributed by atoms with van der Waals surface area (Å²) >= 11 is 11.6. The van der Waals surface area contributed by atoms with E-state index < -0.39 is 5.91 Å². The number of hydrogen-bond donors (Lipinski definition) is 4. The van der Waals surface area contributed by atoms with E-state index in [1.807, 2.05) is 0 Å². The molecule has 0 fully saturated rings. The average molecular weight is 348 g/mol. The van der Waals surface area contributed by atoms with Crippen LogP contribution in [0.25, 0.3) is 0 Å². The summed E-state index contributed by atoms with van der Waals surface area (Å²) < 4.78 is 0. The van der Waals surface area contributed by atoms with E-state index in [9.17, 15) is 14.4 Å². The van der Waals surface area contributed by atoms with Crippen LogP contribution in [0.3, 0.4) is 0 Å². The van der Waals surface area contributed by atoms with Crippen molar-refractivity contribution in [3.05, 3.63) is 28.2 Å². The van der Waals surface area contributed by atoms with E-state index in [-0.39, 0.29) is 24.9 Å². The van der Waals surface area contributed by atoms with Crippen LogP contribution in [0, 0.1) is 0 Å². The monoisotopic (exact) mass is 347 g/mol. The van der Waals surface area contributed by atoms with Crippen molar-refractivity contribution in [2.24, 2.45) is 0 Å². The maximum absolute atomic E-state index is 11.9. The highest BCUT2D eigenvalue weighted by molar-refractivity contribution is 6.42. The molecule has 0 aliphatic heterocycles. The third-order valence-electron chi connectivity index (χ3n) is 2.51. The van der Waals surface area contributed by atoms with Crippen molar-refractivity contribution >= 4 is 46.6 Å². The number of hydrogen-bond acceptors (Lipinski definition) is 3. The van der Waals surface area contributed by atoms with Gasteiger partial charge in [-0.15, -0.1) is 0 Å². The van der Waals surface area contributed by atoms with Gasteiger partial charge in [0.25, 0.3) is 11.8 Å². The fraction of sp³-hybridized carbons (Fsp3) is 0.308. The molecule has 0 spiro atoms. The number of hydrazine groups is 1. The Kier molecular flexibility index (Phi) is 7.10. The third kappa shape index (κ3) is 6.75. The van der Waals surface area contributed by atoms with E-state index in [4.69, 9.17) is 23.2 Å². The summed E-state index contributed by atoms with van der Waals surface area (Å²) in [6.07, 6.45) is 0. The van der Waals surface area contributed by atoms with E-state index in [2.05, 4.69) is 16.2 Å². The van der Waals surface area contributed by atoms with E-state index in [1.165, 1.54) is 6.92 Å². The van der Waals surface area contributed by atoms with Crippen molar-refractivity contribution in [3.8, 4) is 0 Å². The summed E-state index contributed by atoms with van der Waals surface area (Å²) in [6, 6.07) is 4.75. The van der Waals surface area contributed by atoms with Gasteiger partial charge in [0.2, 0.25) is 5.91 Å². The van der Waals surface area contributed by atoms with Gasteiger partial charge in [0.15, 0.2) is 13.1 Å². The minimum absolute atomic E-state index is 0.0368. The van der Waals surface area contributed by atoms with E-state index in [1.54, 1.807) is 25.2 Å². The fourth-order valence-electron chi connectivity index (χ4n) is 1.59. The lowest BCUT2D eigenvalue weighted by atomic mass is 10.3. The topological polar surface area (TPSA) is 91.7 Å². The number of rotatable bonds is 5. The van der Waals surface area contributed by atoms with Crippen molar-refractivity contribution in [1.82, 2.24) is 10.9 Å². The molecule has 1 unspecified atom stereocenters. The molecule has 0 aliphatic rings. The molecule has 0 radical (unpaired) electrons. The maximum Gasteiger partial charge on any atom is 0.293 e. The van der Waals surface area contributed by atoms with Crippen molar-refractivity contribution in [2.45, 2.75) is 6.92 Å². The Morgan fingerprint density at radius 3 is 2.27 bits per heavy atom. The molecule has 3 amide bonds. The SMILES string of the molecule is CC(=O)NNC(=O)C[NH+](C)CC(=O)Nc1ccc(Cl)c(Cl)c1. The van der Waals surface area contributed by atoms with Gasteiger partial charge < -0.3 is 10.2 Å². The number of nitrogens with one attached hydrogen (secondary N) is 4. The van der Waals surface area contributed by atoms with Crippen LogP contribution in [0.4, 0.5) is 5.69 Å². The molecular weight excluding hydrogens is 331 g/mol. The summed E-state index contributed by atoms with van der Waals surface area (Å²) in [4.78, 5) is 34.6. The molecule has 0 saturated heterocycles. The Bertz CT molecular complexity index is 580. The molecule has 0 aliphatic carbocycles. The fourth-order valence-corrected chi connectivity index (χ4v) is 1.89. The standard InChI is InChI=1S/C13H16Cl2N4O3/c1-8(20)17-18-13(22)7-19(2)6-12(21)16-9-3-4-10(14)11(15)5-9/h3-5H,6-7H2,1-2H3,(H,16,21)(H,17,20)(H,18,22)/p+1. The van der Waals surface area contributed by atoms with E-state index in [0.29, 0.717) is 20.6 Å². The number of carbonyl (C=O) groups excluding carboxylic acids is 3. The minimum Gasteiger partial charge on any atom is -0.322 e. The van der Waals surface area contributed by atoms with Gasteiger partial charge in [0.05, 0.1) is 17.1 Å². The van der Waals surface area contributed by atoms with Crippen molar-refractivity contribution in [1.29, 1.82) is 0 Å². The van der Waals surface area contributed by atoms with Crippen molar-refractivity contribution in [2.75, 3.05) is 25.5 Å². The molecule has 120 valence electrons. The third-order valence-corrected chi connectivity index (χ3v) is 3.25. The number of carbonyl (C=O) groups is 3. The number of halogens is 2. The Labute approximate surface area is 137 Å². The predicted octanol–water partition coefficient (Wildman–Crippen LogP) is -0.386. The lowest BCUT2D eigenvalue weighted by molar-refractivity contribution is -0.862. The predicted molar refractivity (Wildman–Crippen MR) is 83.7 cm³/mol. The molecule has 0 bridgehead atoms. The molecule has 4 N–H and O–H groups in total. The molecular formula is C13H17Cl2N4O3+. The number of anilines is 1. The molecule has 0 saturated carbocycles. The van der Waals surface area contributed by atoms with Crippen molar-refractivity contribution < 1.29 is 19.3 Å².